The number of nitrogens with one attached hydrogen (secondary N) is 1. The molecule has 3 rings (SSSR count). The van der Waals surface area contributed by atoms with Crippen molar-refractivity contribution in [3.05, 3.63) is 74.1 Å². The summed E-state index contributed by atoms with van der Waals surface area (Å²) in [6.45, 7) is 0.112. The van der Waals surface area contributed by atoms with Crippen LogP contribution in [0.3, 0.4) is 0 Å². The van der Waals surface area contributed by atoms with Gasteiger partial charge in [-0.25, -0.2) is 4.39 Å². The van der Waals surface area contributed by atoms with Crippen molar-refractivity contribution in [3.8, 4) is 5.75 Å². The third-order valence-electron chi connectivity index (χ3n) is 3.74. The van der Waals surface area contributed by atoms with E-state index in [0.29, 0.717) is 25.8 Å². The van der Waals surface area contributed by atoms with E-state index in [-0.39, 0.29) is 17.9 Å². The molecular formula is C18H13BrCl2FN3O2. The summed E-state index contributed by atoms with van der Waals surface area (Å²) in [7, 11) is 1.46. The number of hydrogen-bond acceptors (Lipinski definition) is 3. The molecule has 1 amide bonds. The fourth-order valence-electron chi connectivity index (χ4n) is 2.44. The lowest BCUT2D eigenvalue weighted by molar-refractivity contribution is 0.102. The van der Waals surface area contributed by atoms with Crippen LogP contribution in [-0.4, -0.2) is 22.8 Å². The van der Waals surface area contributed by atoms with Crippen molar-refractivity contribution in [2.24, 2.45) is 0 Å². The summed E-state index contributed by atoms with van der Waals surface area (Å²) >= 11 is 15.3. The average molecular weight is 473 g/mol. The second-order valence-corrected chi connectivity index (χ2v) is 7.22. The van der Waals surface area contributed by atoms with Crippen molar-refractivity contribution in [2.75, 3.05) is 12.4 Å². The Hall–Kier alpha value is -2.09. The Morgan fingerprint density at radius 2 is 2.11 bits per heavy atom. The first-order valence-corrected chi connectivity index (χ1v) is 9.24. The summed E-state index contributed by atoms with van der Waals surface area (Å²) in [5.41, 5.74) is 0.576. The average Bonchev–Trinajstić information content (AvgIpc) is 2.97. The number of benzene rings is 2. The first kappa shape index (κ1) is 19.7. The molecule has 0 fully saturated rings. The Balaban J connectivity index is 1.83. The molecule has 0 bridgehead atoms. The number of amides is 1. The van der Waals surface area contributed by atoms with E-state index in [9.17, 15) is 9.18 Å². The van der Waals surface area contributed by atoms with Gasteiger partial charge in [-0.05, 0) is 46.3 Å². The normalized spacial score (nSPS) is 10.7. The SMILES string of the molecule is COc1ccc(Cl)cc1C(=O)Nc1nn(Cc2c(F)cccc2Cl)cc1Br. The number of aromatic nitrogens is 2. The summed E-state index contributed by atoms with van der Waals surface area (Å²) < 4.78 is 21.2. The summed E-state index contributed by atoms with van der Waals surface area (Å²) in [4.78, 5) is 12.6. The minimum atomic E-state index is -0.441. The van der Waals surface area contributed by atoms with Crippen molar-refractivity contribution in [2.45, 2.75) is 6.54 Å². The molecule has 140 valence electrons. The standard InChI is InChI=1S/C18H13BrCl2FN3O2/c1-27-16-6-5-10(20)7-11(16)18(26)23-17-13(19)9-25(24-17)8-12-14(21)3-2-4-15(12)22/h2-7,9H,8H2,1H3,(H,23,24,26). The maximum Gasteiger partial charge on any atom is 0.260 e. The Kier molecular flexibility index (Phi) is 6.04. The van der Waals surface area contributed by atoms with Crippen molar-refractivity contribution >= 4 is 50.9 Å². The van der Waals surface area contributed by atoms with E-state index in [1.807, 2.05) is 0 Å². The number of hydrogen-bond donors (Lipinski definition) is 1. The van der Waals surface area contributed by atoms with Crippen LogP contribution < -0.4 is 10.1 Å². The number of rotatable bonds is 5. The highest BCUT2D eigenvalue weighted by molar-refractivity contribution is 9.10. The Labute approximate surface area is 173 Å². The molecule has 0 aliphatic rings. The first-order valence-electron chi connectivity index (χ1n) is 7.69. The molecule has 0 aliphatic heterocycles. The van der Waals surface area contributed by atoms with E-state index in [4.69, 9.17) is 27.9 Å². The third-order valence-corrected chi connectivity index (χ3v) is 4.91. The van der Waals surface area contributed by atoms with Gasteiger partial charge in [0.2, 0.25) is 0 Å². The number of carbonyl (C=O) groups excluding carboxylic acids is 1. The van der Waals surface area contributed by atoms with Gasteiger partial charge in [0.05, 0.1) is 23.7 Å². The topological polar surface area (TPSA) is 56.1 Å². The van der Waals surface area contributed by atoms with Crippen molar-refractivity contribution < 1.29 is 13.9 Å². The van der Waals surface area contributed by atoms with Gasteiger partial charge < -0.3 is 10.1 Å². The predicted molar refractivity (Wildman–Crippen MR) is 106 cm³/mol. The quantitative estimate of drug-likeness (QED) is 0.540. The van der Waals surface area contributed by atoms with Gasteiger partial charge in [-0.2, -0.15) is 5.10 Å². The van der Waals surface area contributed by atoms with Gasteiger partial charge in [-0.15, -0.1) is 0 Å². The van der Waals surface area contributed by atoms with Gasteiger partial charge in [0.15, 0.2) is 5.82 Å². The molecule has 1 aromatic heterocycles. The van der Waals surface area contributed by atoms with E-state index in [0.717, 1.165) is 0 Å². The highest BCUT2D eigenvalue weighted by Crippen LogP contribution is 2.27. The van der Waals surface area contributed by atoms with E-state index in [1.54, 1.807) is 24.4 Å². The van der Waals surface area contributed by atoms with Crippen molar-refractivity contribution in [1.29, 1.82) is 0 Å². The molecule has 9 heteroatoms. The highest BCUT2D eigenvalue weighted by atomic mass is 79.9. The molecule has 27 heavy (non-hydrogen) atoms. The Bertz CT molecular complexity index is 990. The summed E-state index contributed by atoms with van der Waals surface area (Å²) in [6, 6.07) is 9.19. The molecule has 2 aromatic carbocycles. The zero-order chi connectivity index (χ0) is 19.6. The smallest absolute Gasteiger partial charge is 0.260 e. The molecule has 1 heterocycles. The maximum absolute atomic E-state index is 14.0. The summed E-state index contributed by atoms with van der Waals surface area (Å²) in [6.07, 6.45) is 1.62. The molecule has 0 spiro atoms. The number of halogens is 4. The molecule has 1 N–H and O–H groups in total. The zero-order valence-corrected chi connectivity index (χ0v) is 17.1. The zero-order valence-electron chi connectivity index (χ0n) is 14.0. The molecule has 0 atom stereocenters. The van der Waals surface area contributed by atoms with Crippen LogP contribution >= 0.6 is 39.1 Å². The minimum Gasteiger partial charge on any atom is -0.496 e. The summed E-state index contributed by atoms with van der Waals surface area (Å²) in [5.74, 6) is -0.215. The van der Waals surface area contributed by atoms with Crippen LogP contribution in [0.4, 0.5) is 10.2 Å². The molecule has 5 nitrogen and oxygen atoms in total. The van der Waals surface area contributed by atoms with Gasteiger partial charge >= 0.3 is 0 Å². The van der Waals surface area contributed by atoms with Gasteiger partial charge in [0, 0.05) is 21.8 Å². The van der Waals surface area contributed by atoms with Gasteiger partial charge in [-0.1, -0.05) is 29.3 Å². The molecule has 0 saturated carbocycles. The second-order valence-electron chi connectivity index (χ2n) is 5.52. The molecule has 0 unspecified atom stereocenters. The van der Waals surface area contributed by atoms with Crippen LogP contribution in [0.1, 0.15) is 15.9 Å². The molecular weight excluding hydrogens is 460 g/mol. The number of anilines is 1. The van der Waals surface area contributed by atoms with E-state index in [2.05, 4.69) is 26.3 Å². The largest absolute Gasteiger partial charge is 0.496 e. The Morgan fingerprint density at radius 3 is 2.81 bits per heavy atom. The molecule has 0 aliphatic carbocycles. The summed E-state index contributed by atoms with van der Waals surface area (Å²) in [5, 5.41) is 7.65. The minimum absolute atomic E-state index is 0.112. The van der Waals surface area contributed by atoms with Gasteiger partial charge in [0.1, 0.15) is 11.6 Å². The van der Waals surface area contributed by atoms with Crippen LogP contribution in [0.15, 0.2) is 47.1 Å². The lowest BCUT2D eigenvalue weighted by Gasteiger charge is -2.09. The highest BCUT2D eigenvalue weighted by Gasteiger charge is 2.17. The number of ether oxygens (including phenoxy) is 1. The van der Waals surface area contributed by atoms with E-state index >= 15 is 0 Å². The number of methoxy groups -OCH3 is 1. The predicted octanol–water partition coefficient (Wildman–Crippen LogP) is 5.40. The first-order chi connectivity index (χ1) is 12.9. The molecule has 0 radical (unpaired) electrons. The monoisotopic (exact) mass is 471 g/mol. The molecule has 0 saturated heterocycles. The third kappa shape index (κ3) is 4.43. The van der Waals surface area contributed by atoms with Gasteiger partial charge in [-0.3, -0.25) is 9.48 Å². The fraction of sp³-hybridized carbons (Fsp3) is 0.111. The number of nitrogens with zero attached hydrogens (tertiary/aromatic N) is 2. The second kappa shape index (κ2) is 8.29. The van der Waals surface area contributed by atoms with Crippen LogP contribution in [0, 0.1) is 5.82 Å². The van der Waals surface area contributed by atoms with Crippen LogP contribution in [0.25, 0.3) is 0 Å². The maximum atomic E-state index is 14.0. The van der Waals surface area contributed by atoms with Crippen molar-refractivity contribution in [1.82, 2.24) is 9.78 Å². The lowest BCUT2D eigenvalue weighted by Crippen LogP contribution is -2.14. The van der Waals surface area contributed by atoms with Crippen LogP contribution in [0.2, 0.25) is 10.0 Å². The molecule has 3 aromatic rings. The van der Waals surface area contributed by atoms with Crippen molar-refractivity contribution in [3.63, 3.8) is 0 Å². The van der Waals surface area contributed by atoms with E-state index in [1.165, 1.54) is 30.0 Å². The van der Waals surface area contributed by atoms with Crippen LogP contribution in [-0.2, 0) is 6.54 Å². The lowest BCUT2D eigenvalue weighted by atomic mass is 10.2. The van der Waals surface area contributed by atoms with Gasteiger partial charge in [0.25, 0.3) is 5.91 Å². The van der Waals surface area contributed by atoms with Crippen LogP contribution in [0.5, 0.6) is 5.75 Å². The van der Waals surface area contributed by atoms with E-state index < -0.39 is 11.7 Å². The number of carbonyl (C=O) groups is 1. The Morgan fingerprint density at radius 1 is 1.33 bits per heavy atom. The fourth-order valence-corrected chi connectivity index (χ4v) is 3.25.